The number of methoxy groups -OCH3 is 2. The molecule has 0 aromatic heterocycles. The number of esters is 1. The van der Waals surface area contributed by atoms with Crippen molar-refractivity contribution >= 4 is 5.97 Å². The van der Waals surface area contributed by atoms with Crippen molar-refractivity contribution in [1.29, 1.82) is 0 Å². The molecule has 5 aromatic carbocycles. The Hall–Kier alpha value is -5.03. The van der Waals surface area contributed by atoms with Crippen LogP contribution in [0, 0.1) is 0 Å². The van der Waals surface area contributed by atoms with Crippen molar-refractivity contribution in [3.05, 3.63) is 167 Å². The van der Waals surface area contributed by atoms with Gasteiger partial charge in [0.05, 0.1) is 60.5 Å². The van der Waals surface area contributed by atoms with Crippen LogP contribution >= 0.6 is 0 Å². The number of ether oxygens (including phenoxy) is 8. The lowest BCUT2D eigenvalue weighted by Gasteiger charge is -2.48. The van der Waals surface area contributed by atoms with Gasteiger partial charge in [0, 0.05) is 0 Å². The molecule has 1 saturated heterocycles. The van der Waals surface area contributed by atoms with Gasteiger partial charge in [-0.05, 0) is 52.1 Å². The summed E-state index contributed by atoms with van der Waals surface area (Å²) in [7, 11) is 3.25. The highest BCUT2D eigenvalue weighted by Crippen LogP contribution is 2.36. The monoisotopic (exact) mass is 718 g/mol. The predicted octanol–water partition coefficient (Wildman–Crippen LogP) is 7.49. The van der Waals surface area contributed by atoms with Crippen LogP contribution in [0.5, 0.6) is 11.5 Å². The van der Waals surface area contributed by atoms with E-state index < -0.39 is 29.9 Å². The van der Waals surface area contributed by atoms with Gasteiger partial charge in [0.2, 0.25) is 0 Å². The summed E-state index contributed by atoms with van der Waals surface area (Å²) in [6.07, 6.45) is -2.86. The Bertz CT molecular complexity index is 1750. The third kappa shape index (κ3) is 10.5. The molecule has 1 aliphatic heterocycles. The summed E-state index contributed by atoms with van der Waals surface area (Å²) in [5.41, 5.74) is 3.22. The highest BCUT2D eigenvalue weighted by molar-refractivity contribution is 5.77. The first-order valence-corrected chi connectivity index (χ1v) is 17.7. The second-order valence-electron chi connectivity index (χ2n) is 12.9. The molecule has 0 aliphatic carbocycles. The Kier molecular flexibility index (Phi) is 13.6. The number of cyclic esters (lactones) is 1. The summed E-state index contributed by atoms with van der Waals surface area (Å²) in [6.45, 7) is 1.02. The van der Waals surface area contributed by atoms with Crippen LogP contribution in [-0.2, 0) is 66.3 Å². The van der Waals surface area contributed by atoms with Crippen molar-refractivity contribution in [2.45, 2.75) is 56.9 Å². The molecule has 1 aliphatic rings. The Balaban J connectivity index is 1.33. The van der Waals surface area contributed by atoms with E-state index in [2.05, 4.69) is 0 Å². The highest BCUT2D eigenvalue weighted by Gasteiger charge is 2.58. The van der Waals surface area contributed by atoms with Crippen molar-refractivity contribution < 1.29 is 42.7 Å². The van der Waals surface area contributed by atoms with Crippen LogP contribution in [0.2, 0.25) is 0 Å². The SMILES string of the molecule is COc1ccc(COCC2(COCc3ccc(OC)cc3)OC(=O)[C@H](OCc3ccccc3)C(OCc3ccccc3)C2OCc2ccccc2)cc1. The van der Waals surface area contributed by atoms with Gasteiger partial charge in [-0.1, -0.05) is 115 Å². The second kappa shape index (κ2) is 19.2. The number of benzene rings is 5. The lowest BCUT2D eigenvalue weighted by atomic mass is 9.87. The first kappa shape index (κ1) is 37.7. The van der Waals surface area contributed by atoms with E-state index in [0.29, 0.717) is 0 Å². The maximum Gasteiger partial charge on any atom is 0.338 e. The zero-order chi connectivity index (χ0) is 36.7. The summed E-state index contributed by atoms with van der Waals surface area (Å²) in [5.74, 6) is 0.903. The van der Waals surface area contributed by atoms with Crippen LogP contribution < -0.4 is 9.47 Å². The third-order valence-electron chi connectivity index (χ3n) is 9.03. The summed E-state index contributed by atoms with van der Waals surface area (Å²) in [5, 5.41) is 0. The minimum Gasteiger partial charge on any atom is -0.497 e. The maximum atomic E-state index is 14.3. The lowest BCUT2D eigenvalue weighted by Crippen LogP contribution is -2.68. The van der Waals surface area contributed by atoms with Crippen LogP contribution in [0.1, 0.15) is 27.8 Å². The molecule has 9 nitrogen and oxygen atoms in total. The molecule has 53 heavy (non-hydrogen) atoms. The average molecular weight is 719 g/mol. The highest BCUT2D eigenvalue weighted by atomic mass is 16.7. The molecule has 1 fully saturated rings. The van der Waals surface area contributed by atoms with Crippen LogP contribution in [0.15, 0.2) is 140 Å². The molecule has 9 heteroatoms. The van der Waals surface area contributed by atoms with E-state index >= 15 is 0 Å². The number of carbonyl (C=O) groups excluding carboxylic acids is 1. The fourth-order valence-corrected chi connectivity index (χ4v) is 6.17. The van der Waals surface area contributed by atoms with Crippen LogP contribution in [-0.4, -0.2) is 57.3 Å². The van der Waals surface area contributed by atoms with E-state index in [-0.39, 0.29) is 46.2 Å². The van der Waals surface area contributed by atoms with Crippen molar-refractivity contribution in [2.75, 3.05) is 27.4 Å². The average Bonchev–Trinajstić information content (AvgIpc) is 3.21. The van der Waals surface area contributed by atoms with Gasteiger partial charge in [-0.2, -0.15) is 0 Å². The minimum absolute atomic E-state index is 0.0383. The molecule has 0 bridgehead atoms. The molecule has 3 atom stereocenters. The molecule has 5 aromatic rings. The van der Waals surface area contributed by atoms with Gasteiger partial charge in [-0.15, -0.1) is 0 Å². The standard InChI is InChI=1S/C44H46O9/c1-46-38-22-18-36(19-23-38)26-48-31-44(32-49-27-37-20-24-39(47-2)25-21-37)42(52-30-35-16-10-5-11-17-35)40(50-28-33-12-6-3-7-13-33)41(43(45)53-44)51-29-34-14-8-4-9-15-34/h3-25,40-42H,26-32H2,1-2H3/t40?,41-,42?/m1/s1. The molecule has 2 unspecified atom stereocenters. The first-order chi connectivity index (χ1) is 26.0. The zero-order valence-electron chi connectivity index (χ0n) is 30.1. The molecule has 1 heterocycles. The van der Waals surface area contributed by atoms with Gasteiger partial charge in [-0.25, -0.2) is 4.79 Å². The van der Waals surface area contributed by atoms with Crippen LogP contribution in [0.3, 0.4) is 0 Å². The third-order valence-corrected chi connectivity index (χ3v) is 9.03. The van der Waals surface area contributed by atoms with Gasteiger partial charge in [0.1, 0.15) is 23.7 Å². The predicted molar refractivity (Wildman–Crippen MR) is 199 cm³/mol. The molecule has 0 amide bonds. The molecule has 6 rings (SSSR count). The van der Waals surface area contributed by atoms with E-state index in [4.69, 9.17) is 37.9 Å². The van der Waals surface area contributed by atoms with Crippen molar-refractivity contribution in [1.82, 2.24) is 0 Å². The van der Waals surface area contributed by atoms with Crippen molar-refractivity contribution in [2.24, 2.45) is 0 Å². The fourth-order valence-electron chi connectivity index (χ4n) is 6.17. The van der Waals surface area contributed by atoms with E-state index in [1.54, 1.807) is 14.2 Å². The van der Waals surface area contributed by atoms with Gasteiger partial charge < -0.3 is 37.9 Å². The van der Waals surface area contributed by atoms with Gasteiger partial charge in [0.25, 0.3) is 0 Å². The lowest BCUT2D eigenvalue weighted by molar-refractivity contribution is -0.280. The number of carbonyl (C=O) groups is 1. The molecule has 276 valence electrons. The van der Waals surface area contributed by atoms with Gasteiger partial charge in [-0.3, -0.25) is 0 Å². The van der Waals surface area contributed by atoms with Gasteiger partial charge in [0.15, 0.2) is 11.7 Å². The fraction of sp³-hybridized carbons (Fsp3) is 0.295. The van der Waals surface area contributed by atoms with Crippen molar-refractivity contribution in [3.63, 3.8) is 0 Å². The second-order valence-corrected chi connectivity index (χ2v) is 12.9. The van der Waals surface area contributed by atoms with Gasteiger partial charge >= 0.3 is 5.97 Å². The Morgan fingerprint density at radius 3 is 1.32 bits per heavy atom. The summed E-state index contributed by atoms with van der Waals surface area (Å²) in [4.78, 5) is 14.3. The largest absolute Gasteiger partial charge is 0.497 e. The number of hydrogen-bond acceptors (Lipinski definition) is 9. The first-order valence-electron chi connectivity index (χ1n) is 17.7. The maximum absolute atomic E-state index is 14.3. The molecular weight excluding hydrogens is 672 g/mol. The molecule has 0 spiro atoms. The van der Waals surface area contributed by atoms with Crippen LogP contribution in [0.4, 0.5) is 0 Å². The number of rotatable bonds is 19. The van der Waals surface area contributed by atoms with Crippen molar-refractivity contribution in [3.8, 4) is 11.5 Å². The van der Waals surface area contributed by atoms with E-state index in [1.165, 1.54) is 0 Å². The topological polar surface area (TPSA) is 90.9 Å². The summed E-state index contributed by atoms with van der Waals surface area (Å²) < 4.78 is 49.7. The number of hydrogen-bond donors (Lipinski definition) is 0. The Morgan fingerprint density at radius 2 is 0.887 bits per heavy atom. The molecular formula is C44H46O9. The summed E-state index contributed by atoms with van der Waals surface area (Å²) >= 11 is 0. The minimum atomic E-state index is -1.42. The Morgan fingerprint density at radius 1 is 0.491 bits per heavy atom. The van der Waals surface area contributed by atoms with Crippen LogP contribution in [0.25, 0.3) is 0 Å². The normalized spacial score (nSPS) is 17.9. The quantitative estimate of drug-likeness (QED) is 0.0806. The Labute approximate surface area is 311 Å². The van der Waals surface area contributed by atoms with E-state index in [0.717, 1.165) is 39.3 Å². The molecule has 0 N–H and O–H groups in total. The smallest absolute Gasteiger partial charge is 0.338 e. The van der Waals surface area contributed by atoms with E-state index in [1.807, 2.05) is 140 Å². The molecule has 0 saturated carbocycles. The zero-order valence-corrected chi connectivity index (χ0v) is 30.1. The molecule has 0 radical (unpaired) electrons. The summed E-state index contributed by atoms with van der Waals surface area (Å²) in [6, 6.07) is 44.6. The van der Waals surface area contributed by atoms with E-state index in [9.17, 15) is 4.79 Å².